The van der Waals surface area contributed by atoms with Gasteiger partial charge in [0.25, 0.3) is 0 Å². The smallest absolute Gasteiger partial charge is 0.239 e. The maximum absolute atomic E-state index is 11.7. The average Bonchev–Trinajstić information content (AvgIpc) is 2.32. The Balaban J connectivity index is 2.21. The Bertz CT molecular complexity index is 450. The van der Waals surface area contributed by atoms with E-state index in [4.69, 9.17) is 11.6 Å². The molecule has 1 saturated heterocycles. The second kappa shape index (κ2) is 5.59. The number of amides is 1. The first kappa shape index (κ1) is 13.2. The molecule has 1 aromatic carbocycles. The monoisotopic (exact) mass is 267 g/mol. The first-order valence-corrected chi connectivity index (χ1v) is 6.43. The Morgan fingerprint density at radius 1 is 1.56 bits per heavy atom. The molecule has 1 heterocycles. The number of carbonyl (C=O) groups is 1. The maximum atomic E-state index is 11.7. The third-order valence-corrected chi connectivity index (χ3v) is 3.58. The molecule has 1 fully saturated rings. The number of carbonyl (C=O) groups excluding carboxylic acids is 1. The molecule has 0 spiro atoms. The van der Waals surface area contributed by atoms with Crippen LogP contribution in [0.25, 0.3) is 0 Å². The minimum Gasteiger partial charge on any atom is -0.360 e. The van der Waals surface area contributed by atoms with Crippen LogP contribution < -0.4 is 15.5 Å². The van der Waals surface area contributed by atoms with Gasteiger partial charge in [0.1, 0.15) is 0 Å². The lowest BCUT2D eigenvalue weighted by atomic mass is 10.1. The molecule has 1 amide bonds. The van der Waals surface area contributed by atoms with E-state index in [2.05, 4.69) is 15.5 Å². The van der Waals surface area contributed by atoms with Crippen molar-refractivity contribution in [1.29, 1.82) is 0 Å². The Labute approximate surface area is 112 Å². The van der Waals surface area contributed by atoms with Gasteiger partial charge < -0.3 is 15.5 Å². The SMILES string of the molecule is CNCC1CN(c2cccc(Cl)c2C)CC(=O)N1. The largest absolute Gasteiger partial charge is 0.360 e. The lowest BCUT2D eigenvalue weighted by Crippen LogP contribution is -2.57. The van der Waals surface area contributed by atoms with Crippen LogP contribution in [-0.4, -0.2) is 38.6 Å². The molecular weight excluding hydrogens is 250 g/mol. The molecule has 5 heteroatoms. The normalized spacial score (nSPS) is 19.8. The summed E-state index contributed by atoms with van der Waals surface area (Å²) in [6.45, 7) is 3.94. The summed E-state index contributed by atoms with van der Waals surface area (Å²) in [5, 5.41) is 6.80. The van der Waals surface area contributed by atoms with Gasteiger partial charge in [0.05, 0.1) is 12.6 Å². The first-order chi connectivity index (χ1) is 8.61. The summed E-state index contributed by atoms with van der Waals surface area (Å²) in [6, 6.07) is 5.94. The Kier molecular flexibility index (Phi) is 4.09. The summed E-state index contributed by atoms with van der Waals surface area (Å²) in [4.78, 5) is 13.8. The molecular formula is C13H18ClN3O. The molecule has 0 radical (unpaired) electrons. The van der Waals surface area contributed by atoms with Crippen molar-refractivity contribution < 1.29 is 4.79 Å². The fourth-order valence-corrected chi connectivity index (χ4v) is 2.48. The molecule has 4 nitrogen and oxygen atoms in total. The molecule has 1 aliphatic heterocycles. The van der Waals surface area contributed by atoms with E-state index < -0.39 is 0 Å². The van der Waals surface area contributed by atoms with Gasteiger partial charge >= 0.3 is 0 Å². The lowest BCUT2D eigenvalue weighted by molar-refractivity contribution is -0.121. The van der Waals surface area contributed by atoms with E-state index in [1.807, 2.05) is 32.2 Å². The highest BCUT2D eigenvalue weighted by Crippen LogP contribution is 2.27. The summed E-state index contributed by atoms with van der Waals surface area (Å²) in [5.74, 6) is 0.0564. The number of rotatable bonds is 3. The number of anilines is 1. The van der Waals surface area contributed by atoms with E-state index in [1.165, 1.54) is 0 Å². The van der Waals surface area contributed by atoms with E-state index >= 15 is 0 Å². The molecule has 1 unspecified atom stereocenters. The molecule has 0 bridgehead atoms. The molecule has 0 saturated carbocycles. The van der Waals surface area contributed by atoms with Crippen LogP contribution >= 0.6 is 11.6 Å². The number of hydrogen-bond donors (Lipinski definition) is 2. The van der Waals surface area contributed by atoms with E-state index in [0.717, 1.165) is 29.4 Å². The fraction of sp³-hybridized carbons (Fsp3) is 0.462. The molecule has 98 valence electrons. The highest BCUT2D eigenvalue weighted by Gasteiger charge is 2.25. The zero-order valence-electron chi connectivity index (χ0n) is 10.7. The van der Waals surface area contributed by atoms with Gasteiger partial charge in [-0.1, -0.05) is 17.7 Å². The topological polar surface area (TPSA) is 44.4 Å². The van der Waals surface area contributed by atoms with Crippen LogP contribution in [0.5, 0.6) is 0 Å². The van der Waals surface area contributed by atoms with Crippen LogP contribution in [0.4, 0.5) is 5.69 Å². The predicted molar refractivity (Wildman–Crippen MR) is 74.3 cm³/mol. The van der Waals surface area contributed by atoms with E-state index in [1.54, 1.807) is 0 Å². The summed E-state index contributed by atoms with van der Waals surface area (Å²) in [7, 11) is 1.88. The highest BCUT2D eigenvalue weighted by molar-refractivity contribution is 6.31. The van der Waals surface area contributed by atoms with Crippen LogP contribution in [0.15, 0.2) is 18.2 Å². The summed E-state index contributed by atoms with van der Waals surface area (Å²) < 4.78 is 0. The van der Waals surface area contributed by atoms with Crippen molar-refractivity contribution in [2.45, 2.75) is 13.0 Å². The lowest BCUT2D eigenvalue weighted by Gasteiger charge is -2.35. The van der Waals surface area contributed by atoms with E-state index in [-0.39, 0.29) is 11.9 Å². The first-order valence-electron chi connectivity index (χ1n) is 6.06. The number of hydrogen-bond acceptors (Lipinski definition) is 3. The number of benzene rings is 1. The Hall–Kier alpha value is -1.26. The van der Waals surface area contributed by atoms with Crippen molar-refractivity contribution in [3.8, 4) is 0 Å². The summed E-state index contributed by atoms with van der Waals surface area (Å²) in [6.07, 6.45) is 0. The van der Waals surface area contributed by atoms with Gasteiger partial charge in [0.2, 0.25) is 5.91 Å². The van der Waals surface area contributed by atoms with Crippen molar-refractivity contribution in [3.63, 3.8) is 0 Å². The predicted octanol–water partition coefficient (Wildman–Crippen LogP) is 1.17. The van der Waals surface area contributed by atoms with Crippen molar-refractivity contribution >= 4 is 23.2 Å². The van der Waals surface area contributed by atoms with E-state index in [9.17, 15) is 4.79 Å². The van der Waals surface area contributed by atoms with Crippen LogP contribution in [0.2, 0.25) is 5.02 Å². The minimum absolute atomic E-state index is 0.0564. The third-order valence-electron chi connectivity index (χ3n) is 3.17. The zero-order valence-corrected chi connectivity index (χ0v) is 11.4. The van der Waals surface area contributed by atoms with Crippen molar-refractivity contribution in [1.82, 2.24) is 10.6 Å². The van der Waals surface area contributed by atoms with Crippen LogP contribution in [0, 0.1) is 6.92 Å². The van der Waals surface area contributed by atoms with Crippen molar-refractivity contribution in [2.75, 3.05) is 31.6 Å². The molecule has 1 atom stereocenters. The number of piperazine rings is 1. The van der Waals surface area contributed by atoms with Gasteiger partial charge in [0.15, 0.2) is 0 Å². The Morgan fingerprint density at radius 3 is 3.06 bits per heavy atom. The van der Waals surface area contributed by atoms with Gasteiger partial charge in [-0.2, -0.15) is 0 Å². The van der Waals surface area contributed by atoms with Gasteiger partial charge in [0, 0.05) is 23.8 Å². The molecule has 1 aromatic rings. The number of nitrogens with one attached hydrogen (secondary N) is 2. The molecule has 0 aliphatic carbocycles. The molecule has 2 rings (SSSR count). The summed E-state index contributed by atoms with van der Waals surface area (Å²) >= 11 is 6.13. The van der Waals surface area contributed by atoms with Gasteiger partial charge in [-0.3, -0.25) is 4.79 Å². The summed E-state index contributed by atoms with van der Waals surface area (Å²) in [5.41, 5.74) is 2.07. The number of nitrogens with zero attached hydrogens (tertiary/aromatic N) is 1. The molecule has 1 aliphatic rings. The highest BCUT2D eigenvalue weighted by atomic mass is 35.5. The standard InChI is InChI=1S/C13H18ClN3O/c1-9-11(14)4-3-5-12(9)17-7-10(6-15-2)16-13(18)8-17/h3-5,10,15H,6-8H2,1-2H3,(H,16,18). The van der Waals surface area contributed by atoms with Crippen molar-refractivity contribution in [3.05, 3.63) is 28.8 Å². The van der Waals surface area contributed by atoms with Crippen LogP contribution in [0.1, 0.15) is 5.56 Å². The van der Waals surface area contributed by atoms with Gasteiger partial charge in [-0.15, -0.1) is 0 Å². The second-order valence-electron chi connectivity index (χ2n) is 4.59. The fourth-order valence-electron chi connectivity index (χ4n) is 2.31. The third kappa shape index (κ3) is 2.76. The molecule has 0 aromatic heterocycles. The number of halogens is 1. The quantitative estimate of drug-likeness (QED) is 0.864. The molecule has 2 N–H and O–H groups in total. The second-order valence-corrected chi connectivity index (χ2v) is 4.99. The Morgan fingerprint density at radius 2 is 2.33 bits per heavy atom. The number of likely N-dealkylation sites (N-methyl/N-ethyl adjacent to an activating group) is 1. The van der Waals surface area contributed by atoms with Crippen LogP contribution in [0.3, 0.4) is 0 Å². The van der Waals surface area contributed by atoms with Gasteiger partial charge in [-0.25, -0.2) is 0 Å². The van der Waals surface area contributed by atoms with Gasteiger partial charge in [-0.05, 0) is 31.7 Å². The van der Waals surface area contributed by atoms with Crippen molar-refractivity contribution in [2.24, 2.45) is 0 Å². The zero-order chi connectivity index (χ0) is 13.1. The maximum Gasteiger partial charge on any atom is 0.239 e. The van der Waals surface area contributed by atoms with Crippen LogP contribution in [-0.2, 0) is 4.79 Å². The molecule has 18 heavy (non-hydrogen) atoms. The average molecular weight is 268 g/mol. The minimum atomic E-state index is 0.0564. The van der Waals surface area contributed by atoms with E-state index in [0.29, 0.717) is 6.54 Å².